The molecule has 2 aromatic rings. The van der Waals surface area contributed by atoms with Crippen molar-refractivity contribution in [2.75, 3.05) is 13.1 Å². The Labute approximate surface area is 158 Å². The predicted molar refractivity (Wildman–Crippen MR) is 102 cm³/mol. The summed E-state index contributed by atoms with van der Waals surface area (Å²) in [6.45, 7) is 5.15. The second kappa shape index (κ2) is 8.45. The number of aromatic nitrogens is 1. The van der Waals surface area contributed by atoms with Crippen molar-refractivity contribution < 1.29 is 14.3 Å². The minimum atomic E-state index is -0.787. The maximum Gasteiger partial charge on any atom is 0.358 e. The Morgan fingerprint density at radius 1 is 1.12 bits per heavy atom. The Balaban J connectivity index is 1.62. The lowest BCUT2D eigenvalue weighted by atomic mass is 10.2. The van der Waals surface area contributed by atoms with E-state index >= 15 is 0 Å². The molecule has 1 amide bonds. The fourth-order valence-electron chi connectivity index (χ4n) is 3.02. The summed E-state index contributed by atoms with van der Waals surface area (Å²) in [4.78, 5) is 31.0. The average Bonchev–Trinajstić information content (AvgIpc) is 2.97. The average molecular weight is 372 g/mol. The summed E-state index contributed by atoms with van der Waals surface area (Å²) in [5.41, 5.74) is 2.39. The molecule has 1 fully saturated rings. The van der Waals surface area contributed by atoms with E-state index < -0.39 is 12.1 Å². The lowest BCUT2D eigenvalue weighted by molar-refractivity contribution is -0.139. The van der Waals surface area contributed by atoms with Gasteiger partial charge in [-0.1, -0.05) is 42.7 Å². The molecule has 26 heavy (non-hydrogen) atoms. The van der Waals surface area contributed by atoms with Gasteiger partial charge in [-0.05, 0) is 26.7 Å². The fourth-order valence-corrected chi connectivity index (χ4v) is 3.81. The molecular weight excluding hydrogens is 348 g/mol. The molecule has 138 valence electrons. The van der Waals surface area contributed by atoms with Gasteiger partial charge in [0, 0.05) is 24.0 Å². The third kappa shape index (κ3) is 4.49. The first-order valence-corrected chi connectivity index (χ1v) is 9.95. The van der Waals surface area contributed by atoms with E-state index in [9.17, 15) is 9.59 Å². The first-order chi connectivity index (χ1) is 12.5. The number of nitrogens with zero attached hydrogens (tertiary/aromatic N) is 2. The second-order valence-electron chi connectivity index (χ2n) is 6.69. The van der Waals surface area contributed by atoms with Crippen molar-refractivity contribution in [3.63, 3.8) is 0 Å². The number of likely N-dealkylation sites (tertiary alicyclic amines) is 1. The monoisotopic (exact) mass is 372 g/mol. The molecule has 0 saturated carbocycles. The SMILES string of the molecule is Cc1ccc(-c2nc(C(=O)O[C@H](C)C(=O)N3CCCCCC3)cs2)cc1. The molecule has 0 bridgehead atoms. The van der Waals surface area contributed by atoms with Gasteiger partial charge >= 0.3 is 5.97 Å². The minimum absolute atomic E-state index is 0.116. The molecule has 2 heterocycles. The summed E-state index contributed by atoms with van der Waals surface area (Å²) in [7, 11) is 0. The molecule has 1 aromatic carbocycles. The molecule has 1 saturated heterocycles. The Kier molecular flexibility index (Phi) is 6.04. The van der Waals surface area contributed by atoms with Gasteiger partial charge in [0.2, 0.25) is 0 Å². The zero-order valence-electron chi connectivity index (χ0n) is 15.2. The standard InChI is InChI=1S/C20H24N2O3S/c1-14-7-9-16(10-8-14)18-21-17(13-26-18)20(24)25-15(2)19(23)22-11-5-3-4-6-12-22/h7-10,13,15H,3-6,11-12H2,1-2H3/t15-/m1/s1. The first kappa shape index (κ1) is 18.6. The number of hydrogen-bond donors (Lipinski definition) is 0. The van der Waals surface area contributed by atoms with Crippen molar-refractivity contribution in [2.24, 2.45) is 0 Å². The number of carbonyl (C=O) groups excluding carboxylic acids is 2. The molecule has 6 heteroatoms. The third-order valence-electron chi connectivity index (χ3n) is 4.56. The van der Waals surface area contributed by atoms with Crippen LogP contribution in [-0.4, -0.2) is 41.0 Å². The molecule has 0 aliphatic carbocycles. The largest absolute Gasteiger partial charge is 0.448 e. The summed E-state index contributed by atoms with van der Waals surface area (Å²) >= 11 is 1.40. The summed E-state index contributed by atoms with van der Waals surface area (Å²) in [5.74, 6) is -0.662. The Hall–Kier alpha value is -2.21. The van der Waals surface area contributed by atoms with Crippen LogP contribution in [0, 0.1) is 6.92 Å². The molecule has 0 unspecified atom stereocenters. The fraction of sp³-hybridized carbons (Fsp3) is 0.450. The summed E-state index contributed by atoms with van der Waals surface area (Å²) in [6.07, 6.45) is 3.54. The van der Waals surface area contributed by atoms with Crippen LogP contribution in [-0.2, 0) is 9.53 Å². The Bertz CT molecular complexity index is 762. The molecule has 1 aliphatic rings. The van der Waals surface area contributed by atoms with Gasteiger partial charge in [0.15, 0.2) is 11.8 Å². The van der Waals surface area contributed by atoms with Crippen molar-refractivity contribution in [3.05, 3.63) is 40.9 Å². The van der Waals surface area contributed by atoms with E-state index in [-0.39, 0.29) is 11.6 Å². The minimum Gasteiger partial charge on any atom is -0.448 e. The third-order valence-corrected chi connectivity index (χ3v) is 5.45. The summed E-state index contributed by atoms with van der Waals surface area (Å²) in [5, 5.41) is 2.45. The van der Waals surface area contributed by atoms with Crippen molar-refractivity contribution in [2.45, 2.75) is 45.6 Å². The van der Waals surface area contributed by atoms with Crippen LogP contribution in [0.5, 0.6) is 0 Å². The van der Waals surface area contributed by atoms with E-state index in [2.05, 4.69) is 4.98 Å². The van der Waals surface area contributed by atoms with Gasteiger partial charge in [-0.15, -0.1) is 11.3 Å². The van der Waals surface area contributed by atoms with Crippen LogP contribution in [0.4, 0.5) is 0 Å². The van der Waals surface area contributed by atoms with Gasteiger partial charge in [0.05, 0.1) is 0 Å². The highest BCUT2D eigenvalue weighted by Gasteiger charge is 2.25. The molecule has 0 radical (unpaired) electrons. The number of thiazole rings is 1. The zero-order valence-corrected chi connectivity index (χ0v) is 16.1. The van der Waals surface area contributed by atoms with E-state index in [1.165, 1.54) is 16.9 Å². The van der Waals surface area contributed by atoms with E-state index in [1.54, 1.807) is 12.3 Å². The van der Waals surface area contributed by atoms with Crippen LogP contribution in [0.1, 0.15) is 48.7 Å². The number of amides is 1. The molecule has 3 rings (SSSR count). The summed E-state index contributed by atoms with van der Waals surface area (Å²) < 4.78 is 5.37. The molecule has 1 aliphatic heterocycles. The first-order valence-electron chi connectivity index (χ1n) is 9.07. The van der Waals surface area contributed by atoms with Crippen LogP contribution >= 0.6 is 11.3 Å². The van der Waals surface area contributed by atoms with Gasteiger partial charge in [0.25, 0.3) is 5.91 Å². The number of esters is 1. The molecule has 0 spiro atoms. The van der Waals surface area contributed by atoms with Crippen molar-refractivity contribution in [3.8, 4) is 10.6 Å². The highest BCUT2D eigenvalue weighted by molar-refractivity contribution is 7.13. The molecule has 0 N–H and O–H groups in total. The topological polar surface area (TPSA) is 59.5 Å². The van der Waals surface area contributed by atoms with Gasteiger partial charge in [-0.25, -0.2) is 9.78 Å². The van der Waals surface area contributed by atoms with E-state index in [1.807, 2.05) is 36.1 Å². The quantitative estimate of drug-likeness (QED) is 0.759. The molecule has 1 aromatic heterocycles. The highest BCUT2D eigenvalue weighted by atomic mass is 32.1. The lowest BCUT2D eigenvalue weighted by Crippen LogP contribution is -2.40. The number of aryl methyl sites for hydroxylation is 1. The van der Waals surface area contributed by atoms with Crippen LogP contribution in [0.3, 0.4) is 0 Å². The van der Waals surface area contributed by atoms with Crippen LogP contribution in [0.25, 0.3) is 10.6 Å². The maximum absolute atomic E-state index is 12.5. The van der Waals surface area contributed by atoms with Gasteiger partial charge < -0.3 is 9.64 Å². The van der Waals surface area contributed by atoms with Crippen LogP contribution < -0.4 is 0 Å². The molecule has 1 atom stereocenters. The van der Waals surface area contributed by atoms with E-state index in [0.29, 0.717) is 0 Å². The Morgan fingerprint density at radius 2 is 1.77 bits per heavy atom. The summed E-state index contributed by atoms with van der Waals surface area (Å²) in [6, 6.07) is 7.98. The maximum atomic E-state index is 12.5. The van der Waals surface area contributed by atoms with Crippen LogP contribution in [0.15, 0.2) is 29.6 Å². The number of benzene rings is 1. The van der Waals surface area contributed by atoms with Crippen molar-refractivity contribution in [1.82, 2.24) is 9.88 Å². The second-order valence-corrected chi connectivity index (χ2v) is 7.55. The van der Waals surface area contributed by atoms with Crippen molar-refractivity contribution >= 4 is 23.2 Å². The van der Waals surface area contributed by atoms with Gasteiger partial charge in [-0.2, -0.15) is 0 Å². The van der Waals surface area contributed by atoms with Gasteiger partial charge in [-0.3, -0.25) is 4.79 Å². The number of carbonyl (C=O) groups is 2. The highest BCUT2D eigenvalue weighted by Crippen LogP contribution is 2.24. The number of ether oxygens (including phenoxy) is 1. The normalized spacial score (nSPS) is 16.0. The number of rotatable bonds is 4. The van der Waals surface area contributed by atoms with Gasteiger partial charge in [0.1, 0.15) is 5.01 Å². The molecule has 5 nitrogen and oxygen atoms in total. The van der Waals surface area contributed by atoms with Crippen LogP contribution in [0.2, 0.25) is 0 Å². The lowest BCUT2D eigenvalue weighted by Gasteiger charge is -2.23. The van der Waals surface area contributed by atoms with E-state index in [4.69, 9.17) is 4.74 Å². The van der Waals surface area contributed by atoms with E-state index in [0.717, 1.165) is 49.3 Å². The smallest absolute Gasteiger partial charge is 0.358 e. The zero-order chi connectivity index (χ0) is 18.5. The number of hydrogen-bond acceptors (Lipinski definition) is 5. The van der Waals surface area contributed by atoms with Crippen molar-refractivity contribution in [1.29, 1.82) is 0 Å². The Morgan fingerprint density at radius 3 is 2.42 bits per heavy atom. The molecular formula is C20H24N2O3S. The predicted octanol–water partition coefficient (Wildman–Crippen LogP) is 4.07.